The van der Waals surface area contributed by atoms with Gasteiger partial charge in [0.15, 0.2) is 0 Å². The number of nitrogens with one attached hydrogen (secondary N) is 1. The third-order valence-corrected chi connectivity index (χ3v) is 4.56. The maximum absolute atomic E-state index is 12.5. The molecule has 4 nitrogen and oxygen atoms in total. The topological polar surface area (TPSA) is 46.9 Å². The van der Waals surface area contributed by atoms with Crippen LogP contribution in [0.3, 0.4) is 0 Å². The van der Waals surface area contributed by atoms with E-state index in [2.05, 4.69) is 55.5 Å². The summed E-state index contributed by atoms with van der Waals surface area (Å²) in [5, 5.41) is 7.63. The zero-order valence-corrected chi connectivity index (χ0v) is 15.9. The molecule has 0 aliphatic rings. The van der Waals surface area contributed by atoms with Gasteiger partial charge < -0.3 is 5.32 Å². The predicted molar refractivity (Wildman–Crippen MR) is 106 cm³/mol. The molecule has 1 N–H and O–H groups in total. The van der Waals surface area contributed by atoms with Crippen LogP contribution in [0.5, 0.6) is 0 Å². The molecule has 0 bridgehead atoms. The number of hydrogen-bond acceptors (Lipinski definition) is 2. The SMILES string of the molecule is CC(C)(C)c1ccc(Cn2nccc2NC(=O)c2ccccc2Cl)cc1. The first-order valence-corrected chi connectivity index (χ1v) is 8.89. The molecule has 0 saturated carbocycles. The lowest BCUT2D eigenvalue weighted by molar-refractivity contribution is 0.102. The fourth-order valence-corrected chi connectivity index (χ4v) is 2.90. The standard InChI is InChI=1S/C21H22ClN3O/c1-21(2,3)16-10-8-15(9-11-16)14-25-19(12-13-23-25)24-20(26)17-6-4-5-7-18(17)22/h4-13H,14H2,1-3H3,(H,24,26). The van der Waals surface area contributed by atoms with Crippen LogP contribution in [0.25, 0.3) is 0 Å². The van der Waals surface area contributed by atoms with Gasteiger partial charge >= 0.3 is 0 Å². The predicted octanol–water partition coefficient (Wildman–Crippen LogP) is 5.13. The molecule has 0 atom stereocenters. The fourth-order valence-electron chi connectivity index (χ4n) is 2.68. The van der Waals surface area contributed by atoms with Crippen molar-refractivity contribution in [1.82, 2.24) is 9.78 Å². The van der Waals surface area contributed by atoms with E-state index in [-0.39, 0.29) is 11.3 Å². The van der Waals surface area contributed by atoms with Crippen LogP contribution in [-0.4, -0.2) is 15.7 Å². The van der Waals surface area contributed by atoms with Gasteiger partial charge in [0.05, 0.1) is 23.3 Å². The molecule has 0 spiro atoms. The zero-order chi connectivity index (χ0) is 18.7. The molecule has 26 heavy (non-hydrogen) atoms. The quantitative estimate of drug-likeness (QED) is 0.694. The zero-order valence-electron chi connectivity index (χ0n) is 15.2. The molecule has 0 aliphatic carbocycles. The number of carbonyl (C=O) groups excluding carboxylic acids is 1. The van der Waals surface area contributed by atoms with Crippen molar-refractivity contribution in [3.05, 3.63) is 82.5 Å². The summed E-state index contributed by atoms with van der Waals surface area (Å²) in [4.78, 5) is 12.5. The van der Waals surface area contributed by atoms with Gasteiger partial charge in [0.25, 0.3) is 5.91 Å². The number of amides is 1. The van der Waals surface area contributed by atoms with Crippen molar-refractivity contribution in [2.75, 3.05) is 5.32 Å². The molecule has 1 amide bonds. The van der Waals surface area contributed by atoms with Crippen molar-refractivity contribution in [2.45, 2.75) is 32.7 Å². The van der Waals surface area contributed by atoms with Crippen molar-refractivity contribution in [3.8, 4) is 0 Å². The molecule has 3 rings (SSSR count). The lowest BCUT2D eigenvalue weighted by Crippen LogP contribution is -2.16. The van der Waals surface area contributed by atoms with E-state index in [0.717, 1.165) is 5.56 Å². The van der Waals surface area contributed by atoms with E-state index in [0.29, 0.717) is 22.9 Å². The maximum Gasteiger partial charge on any atom is 0.258 e. The van der Waals surface area contributed by atoms with E-state index in [1.807, 2.05) is 0 Å². The second kappa shape index (κ2) is 7.34. The van der Waals surface area contributed by atoms with Gasteiger partial charge in [-0.2, -0.15) is 5.10 Å². The van der Waals surface area contributed by atoms with Crippen LogP contribution in [0.1, 0.15) is 42.3 Å². The monoisotopic (exact) mass is 367 g/mol. The number of hydrogen-bond donors (Lipinski definition) is 1. The number of halogens is 1. The Labute approximate surface area is 158 Å². The van der Waals surface area contributed by atoms with Crippen LogP contribution < -0.4 is 5.32 Å². The molecule has 5 heteroatoms. The molecule has 0 unspecified atom stereocenters. The summed E-state index contributed by atoms with van der Waals surface area (Å²) in [6.45, 7) is 7.16. The summed E-state index contributed by atoms with van der Waals surface area (Å²) >= 11 is 6.10. The Kier molecular flexibility index (Phi) is 5.14. The average molecular weight is 368 g/mol. The Balaban J connectivity index is 1.75. The molecule has 2 aromatic carbocycles. The van der Waals surface area contributed by atoms with E-state index < -0.39 is 0 Å². The Morgan fingerprint density at radius 1 is 1.08 bits per heavy atom. The minimum absolute atomic E-state index is 0.123. The molecule has 0 fully saturated rings. The van der Waals surface area contributed by atoms with E-state index in [1.165, 1.54) is 5.56 Å². The van der Waals surface area contributed by atoms with Gasteiger partial charge in [-0.15, -0.1) is 0 Å². The van der Waals surface area contributed by atoms with Crippen molar-refractivity contribution < 1.29 is 4.79 Å². The fraction of sp³-hybridized carbons (Fsp3) is 0.238. The molecular weight excluding hydrogens is 346 g/mol. The van der Waals surface area contributed by atoms with Crippen LogP contribution in [0.2, 0.25) is 5.02 Å². The van der Waals surface area contributed by atoms with Crippen molar-refractivity contribution in [3.63, 3.8) is 0 Å². The van der Waals surface area contributed by atoms with E-state index in [1.54, 1.807) is 41.2 Å². The first-order chi connectivity index (χ1) is 12.3. The van der Waals surface area contributed by atoms with Crippen LogP contribution in [0.4, 0.5) is 5.82 Å². The summed E-state index contributed by atoms with van der Waals surface area (Å²) in [5.74, 6) is 0.384. The Morgan fingerprint density at radius 2 is 1.77 bits per heavy atom. The largest absolute Gasteiger partial charge is 0.307 e. The van der Waals surface area contributed by atoms with Gasteiger partial charge in [-0.25, -0.2) is 4.68 Å². The van der Waals surface area contributed by atoms with Crippen LogP contribution in [0.15, 0.2) is 60.8 Å². The summed E-state index contributed by atoms with van der Waals surface area (Å²) in [6, 6.07) is 17.2. The van der Waals surface area contributed by atoms with Crippen LogP contribution in [-0.2, 0) is 12.0 Å². The number of rotatable bonds is 4. The number of anilines is 1. The van der Waals surface area contributed by atoms with E-state index in [4.69, 9.17) is 11.6 Å². The van der Waals surface area contributed by atoms with Gasteiger partial charge in [0.1, 0.15) is 5.82 Å². The highest BCUT2D eigenvalue weighted by Gasteiger charge is 2.14. The second-order valence-corrected chi connectivity index (χ2v) is 7.66. The maximum atomic E-state index is 12.5. The molecule has 134 valence electrons. The average Bonchev–Trinajstić information content (AvgIpc) is 3.01. The highest BCUT2D eigenvalue weighted by Crippen LogP contribution is 2.23. The highest BCUT2D eigenvalue weighted by molar-refractivity contribution is 6.34. The van der Waals surface area contributed by atoms with Gasteiger partial charge in [-0.1, -0.05) is 68.8 Å². The number of carbonyl (C=O) groups is 1. The van der Waals surface area contributed by atoms with Gasteiger partial charge in [0.2, 0.25) is 0 Å². The molecule has 1 heterocycles. The van der Waals surface area contributed by atoms with Crippen molar-refractivity contribution in [2.24, 2.45) is 0 Å². The Bertz CT molecular complexity index is 908. The minimum atomic E-state index is -0.250. The first-order valence-electron chi connectivity index (χ1n) is 8.52. The summed E-state index contributed by atoms with van der Waals surface area (Å²) in [6.07, 6.45) is 1.67. The molecule has 0 radical (unpaired) electrons. The lowest BCUT2D eigenvalue weighted by Gasteiger charge is -2.19. The van der Waals surface area contributed by atoms with Gasteiger partial charge in [0, 0.05) is 6.07 Å². The van der Waals surface area contributed by atoms with E-state index >= 15 is 0 Å². The summed E-state index contributed by atoms with van der Waals surface area (Å²) < 4.78 is 1.76. The van der Waals surface area contributed by atoms with Crippen LogP contribution >= 0.6 is 11.6 Å². The molecule has 3 aromatic rings. The minimum Gasteiger partial charge on any atom is -0.307 e. The molecule has 0 aliphatic heterocycles. The normalized spacial score (nSPS) is 11.4. The number of benzene rings is 2. The molecule has 0 saturated heterocycles. The van der Waals surface area contributed by atoms with E-state index in [9.17, 15) is 4.79 Å². The second-order valence-electron chi connectivity index (χ2n) is 7.25. The Morgan fingerprint density at radius 3 is 2.42 bits per heavy atom. The first kappa shape index (κ1) is 18.2. The lowest BCUT2D eigenvalue weighted by atomic mass is 9.87. The smallest absolute Gasteiger partial charge is 0.258 e. The third-order valence-electron chi connectivity index (χ3n) is 4.23. The summed E-state index contributed by atoms with van der Waals surface area (Å²) in [5.41, 5.74) is 2.97. The van der Waals surface area contributed by atoms with Gasteiger partial charge in [-0.05, 0) is 28.7 Å². The summed E-state index contributed by atoms with van der Waals surface area (Å²) in [7, 11) is 0. The van der Waals surface area contributed by atoms with Crippen molar-refractivity contribution in [1.29, 1.82) is 0 Å². The molecular formula is C21H22ClN3O. The number of aromatic nitrogens is 2. The van der Waals surface area contributed by atoms with Crippen molar-refractivity contribution >= 4 is 23.3 Å². The van der Waals surface area contributed by atoms with Gasteiger partial charge in [-0.3, -0.25) is 4.79 Å². The number of nitrogens with zero attached hydrogens (tertiary/aromatic N) is 2. The molecule has 1 aromatic heterocycles. The van der Waals surface area contributed by atoms with Crippen LogP contribution in [0, 0.1) is 0 Å². The third kappa shape index (κ3) is 4.14. The Hall–Kier alpha value is -2.59. The highest BCUT2D eigenvalue weighted by atomic mass is 35.5.